The molecule has 1 amide bonds. The number of carbonyl (C=O) groups excluding carboxylic acids is 1. The molecule has 1 atom stereocenters. The van der Waals surface area contributed by atoms with Gasteiger partial charge in [-0.3, -0.25) is 14.3 Å². The zero-order valence-corrected chi connectivity index (χ0v) is 17.9. The van der Waals surface area contributed by atoms with E-state index in [1.54, 1.807) is 18.7 Å². The number of hydrogen-bond donors (Lipinski definition) is 1. The molecule has 0 saturated carbocycles. The first-order valence-corrected chi connectivity index (χ1v) is 10.9. The van der Waals surface area contributed by atoms with Gasteiger partial charge >= 0.3 is 0 Å². The quantitative estimate of drug-likeness (QED) is 0.777. The fourth-order valence-corrected chi connectivity index (χ4v) is 4.72. The molecule has 0 unspecified atom stereocenters. The Morgan fingerprint density at radius 1 is 1.21 bits per heavy atom. The number of para-hydroxylation sites is 1. The van der Waals surface area contributed by atoms with Crippen molar-refractivity contribution in [2.75, 3.05) is 32.5 Å². The molecule has 9 nitrogen and oxygen atoms in total. The van der Waals surface area contributed by atoms with Gasteiger partial charge in [0, 0.05) is 34.2 Å². The first-order valence-electron chi connectivity index (χ1n) is 9.47. The number of amides is 1. The minimum absolute atomic E-state index is 0.102. The SMILES string of the molecule is Cc1c(NC(=O)[C@@H]2CCCN(S(=O)(=O)N(C)C)C2)c(=O)n(-c2ccccc2)n1C. The van der Waals surface area contributed by atoms with E-state index in [0.29, 0.717) is 30.8 Å². The van der Waals surface area contributed by atoms with Crippen molar-refractivity contribution in [3.05, 3.63) is 46.4 Å². The second-order valence-electron chi connectivity index (χ2n) is 7.41. The predicted octanol–water partition coefficient (Wildman–Crippen LogP) is 0.941. The summed E-state index contributed by atoms with van der Waals surface area (Å²) in [6, 6.07) is 9.17. The number of hydrogen-bond acceptors (Lipinski definition) is 4. The van der Waals surface area contributed by atoms with Crippen molar-refractivity contribution in [3.8, 4) is 5.69 Å². The minimum Gasteiger partial charge on any atom is -0.320 e. The third-order valence-electron chi connectivity index (χ3n) is 5.35. The van der Waals surface area contributed by atoms with Crippen LogP contribution in [0.1, 0.15) is 18.5 Å². The molecular formula is C19H27N5O4S. The zero-order chi connectivity index (χ0) is 21.3. The highest BCUT2D eigenvalue weighted by Gasteiger charge is 2.34. The molecule has 0 bridgehead atoms. The highest BCUT2D eigenvalue weighted by molar-refractivity contribution is 7.86. The normalized spacial score (nSPS) is 18.2. The van der Waals surface area contributed by atoms with Crippen LogP contribution in [0.5, 0.6) is 0 Å². The van der Waals surface area contributed by atoms with E-state index in [9.17, 15) is 18.0 Å². The van der Waals surface area contributed by atoms with Gasteiger partial charge < -0.3 is 5.32 Å². The first-order chi connectivity index (χ1) is 13.6. The van der Waals surface area contributed by atoms with E-state index in [2.05, 4.69) is 5.32 Å². The van der Waals surface area contributed by atoms with E-state index in [0.717, 1.165) is 4.31 Å². The molecule has 29 heavy (non-hydrogen) atoms. The Hall–Kier alpha value is -2.43. The Morgan fingerprint density at radius 3 is 2.48 bits per heavy atom. The maximum absolute atomic E-state index is 13.0. The van der Waals surface area contributed by atoms with Gasteiger partial charge in [-0.05, 0) is 31.9 Å². The standard InChI is InChI=1S/C19H27N5O4S/c1-14-17(19(26)24(22(14)4)16-10-6-5-7-11-16)20-18(25)15-9-8-12-23(13-15)29(27,28)21(2)3/h5-7,10-11,15H,8-9,12-13H2,1-4H3,(H,20,25)/t15-/m1/s1. The Kier molecular flexibility index (Phi) is 5.97. The van der Waals surface area contributed by atoms with Gasteiger partial charge in [-0.1, -0.05) is 18.2 Å². The van der Waals surface area contributed by atoms with Crippen molar-refractivity contribution in [1.82, 2.24) is 18.0 Å². The van der Waals surface area contributed by atoms with Crippen LogP contribution in [0.25, 0.3) is 5.69 Å². The summed E-state index contributed by atoms with van der Waals surface area (Å²) in [6.07, 6.45) is 1.16. The van der Waals surface area contributed by atoms with E-state index in [4.69, 9.17) is 0 Å². The second-order valence-corrected chi connectivity index (χ2v) is 9.56. The maximum atomic E-state index is 13.0. The van der Waals surface area contributed by atoms with E-state index in [-0.39, 0.29) is 23.7 Å². The maximum Gasteiger partial charge on any atom is 0.295 e. The largest absolute Gasteiger partial charge is 0.320 e. The molecule has 1 aliphatic rings. The van der Waals surface area contributed by atoms with Gasteiger partial charge in [0.05, 0.1) is 17.3 Å². The van der Waals surface area contributed by atoms with Gasteiger partial charge in [0.1, 0.15) is 5.69 Å². The summed E-state index contributed by atoms with van der Waals surface area (Å²) in [5, 5.41) is 2.75. The summed E-state index contributed by atoms with van der Waals surface area (Å²) in [6.45, 7) is 2.25. The van der Waals surface area contributed by atoms with Gasteiger partial charge in [-0.2, -0.15) is 17.0 Å². The van der Waals surface area contributed by atoms with E-state index < -0.39 is 16.1 Å². The fraction of sp³-hybridized carbons (Fsp3) is 0.474. The molecule has 2 heterocycles. The molecule has 1 aromatic heterocycles. The van der Waals surface area contributed by atoms with Gasteiger partial charge in [0.25, 0.3) is 15.8 Å². The van der Waals surface area contributed by atoms with Gasteiger partial charge in [0.2, 0.25) is 5.91 Å². The summed E-state index contributed by atoms with van der Waals surface area (Å²) < 4.78 is 30.4. The van der Waals surface area contributed by atoms with Crippen molar-refractivity contribution in [2.24, 2.45) is 13.0 Å². The van der Waals surface area contributed by atoms with Crippen LogP contribution in [0.15, 0.2) is 35.1 Å². The van der Waals surface area contributed by atoms with Crippen LogP contribution < -0.4 is 10.9 Å². The van der Waals surface area contributed by atoms with Crippen LogP contribution in [0.4, 0.5) is 5.69 Å². The third kappa shape index (κ3) is 4.00. The van der Waals surface area contributed by atoms with Gasteiger partial charge in [-0.25, -0.2) is 4.68 Å². The number of nitrogens with zero attached hydrogens (tertiary/aromatic N) is 4. The Bertz CT molecular complexity index is 1060. The first kappa shape index (κ1) is 21.3. The molecule has 0 radical (unpaired) electrons. The predicted molar refractivity (Wildman–Crippen MR) is 111 cm³/mol. The third-order valence-corrected chi connectivity index (χ3v) is 7.25. The zero-order valence-electron chi connectivity index (χ0n) is 17.1. The van der Waals surface area contributed by atoms with Crippen LogP contribution in [0.2, 0.25) is 0 Å². The lowest BCUT2D eigenvalue weighted by molar-refractivity contribution is -0.120. The monoisotopic (exact) mass is 421 g/mol. The lowest BCUT2D eigenvalue weighted by Crippen LogP contribution is -2.48. The van der Waals surface area contributed by atoms with Crippen molar-refractivity contribution in [2.45, 2.75) is 19.8 Å². The van der Waals surface area contributed by atoms with Crippen molar-refractivity contribution in [1.29, 1.82) is 0 Å². The minimum atomic E-state index is -3.58. The van der Waals surface area contributed by atoms with Crippen LogP contribution in [-0.4, -0.2) is 59.5 Å². The van der Waals surface area contributed by atoms with Crippen LogP contribution >= 0.6 is 0 Å². The molecule has 0 aliphatic carbocycles. The Balaban J connectivity index is 1.84. The molecule has 0 spiro atoms. The summed E-state index contributed by atoms with van der Waals surface area (Å²) in [7, 11) is 1.12. The Morgan fingerprint density at radius 2 is 1.86 bits per heavy atom. The number of benzene rings is 1. The average molecular weight is 422 g/mol. The number of anilines is 1. The van der Waals surface area contributed by atoms with E-state index in [1.165, 1.54) is 23.1 Å². The molecule has 158 valence electrons. The number of aromatic nitrogens is 2. The number of nitrogens with one attached hydrogen (secondary N) is 1. The summed E-state index contributed by atoms with van der Waals surface area (Å²) in [4.78, 5) is 25.8. The average Bonchev–Trinajstić information content (AvgIpc) is 2.91. The topological polar surface area (TPSA) is 96.7 Å². The number of rotatable bonds is 5. The lowest BCUT2D eigenvalue weighted by atomic mass is 9.99. The molecule has 1 N–H and O–H groups in total. The molecule has 1 saturated heterocycles. The van der Waals surface area contributed by atoms with Crippen LogP contribution in [0, 0.1) is 12.8 Å². The van der Waals surface area contributed by atoms with Crippen molar-refractivity contribution >= 4 is 21.8 Å². The molecule has 3 rings (SSSR count). The molecule has 2 aromatic rings. The van der Waals surface area contributed by atoms with Crippen molar-refractivity contribution in [3.63, 3.8) is 0 Å². The number of piperidine rings is 1. The lowest BCUT2D eigenvalue weighted by Gasteiger charge is -2.32. The molecule has 1 fully saturated rings. The summed E-state index contributed by atoms with van der Waals surface area (Å²) >= 11 is 0. The Labute approximate surface area is 170 Å². The summed E-state index contributed by atoms with van der Waals surface area (Å²) in [5.41, 5.74) is 1.22. The van der Waals surface area contributed by atoms with Gasteiger partial charge in [-0.15, -0.1) is 0 Å². The van der Waals surface area contributed by atoms with E-state index in [1.807, 2.05) is 30.3 Å². The highest BCUT2D eigenvalue weighted by atomic mass is 32.2. The smallest absolute Gasteiger partial charge is 0.295 e. The molecule has 1 aromatic carbocycles. The van der Waals surface area contributed by atoms with Crippen molar-refractivity contribution < 1.29 is 13.2 Å². The molecular weight excluding hydrogens is 394 g/mol. The second kappa shape index (κ2) is 8.13. The molecule has 1 aliphatic heterocycles. The van der Waals surface area contributed by atoms with Crippen LogP contribution in [0.3, 0.4) is 0 Å². The highest BCUT2D eigenvalue weighted by Crippen LogP contribution is 2.22. The van der Waals surface area contributed by atoms with Gasteiger partial charge in [0.15, 0.2) is 0 Å². The fourth-order valence-electron chi connectivity index (χ4n) is 3.53. The van der Waals surface area contributed by atoms with E-state index >= 15 is 0 Å². The molecule has 10 heteroatoms. The van der Waals surface area contributed by atoms with Crippen LogP contribution in [-0.2, 0) is 22.1 Å². The summed E-state index contributed by atoms with van der Waals surface area (Å²) in [5.74, 6) is -0.850. The number of carbonyl (C=O) groups is 1.